The largest absolute Gasteiger partial charge is 0.371 e. The molecular formula is C14H23N3. The number of hydrogen-bond donors (Lipinski definition) is 1. The highest BCUT2D eigenvalue weighted by Gasteiger charge is 2.23. The Morgan fingerprint density at radius 2 is 2.24 bits per heavy atom. The summed E-state index contributed by atoms with van der Waals surface area (Å²) in [5.74, 6) is 1.63. The van der Waals surface area contributed by atoms with Crippen molar-refractivity contribution in [2.24, 2.45) is 11.8 Å². The summed E-state index contributed by atoms with van der Waals surface area (Å²) in [6.07, 6.45) is 5.17. The molecule has 1 fully saturated rings. The first-order valence-corrected chi connectivity index (χ1v) is 6.54. The van der Waals surface area contributed by atoms with Gasteiger partial charge in [-0.1, -0.05) is 13.8 Å². The molecule has 1 aliphatic heterocycles. The Morgan fingerprint density at radius 3 is 2.94 bits per heavy atom. The van der Waals surface area contributed by atoms with E-state index in [2.05, 4.69) is 35.1 Å². The van der Waals surface area contributed by atoms with Gasteiger partial charge in [0.15, 0.2) is 0 Å². The normalized spacial score (nSPS) is 25.0. The van der Waals surface area contributed by atoms with Gasteiger partial charge in [0.05, 0.1) is 0 Å². The summed E-state index contributed by atoms with van der Waals surface area (Å²) in [7, 11) is 1.98. The van der Waals surface area contributed by atoms with Gasteiger partial charge in [0.1, 0.15) is 0 Å². The highest BCUT2D eigenvalue weighted by Crippen LogP contribution is 2.28. The molecule has 0 saturated carbocycles. The van der Waals surface area contributed by atoms with Crippen LogP contribution in [-0.4, -0.2) is 25.1 Å². The van der Waals surface area contributed by atoms with Crippen LogP contribution in [0.1, 0.15) is 25.8 Å². The van der Waals surface area contributed by atoms with Crippen molar-refractivity contribution in [2.45, 2.75) is 26.8 Å². The lowest BCUT2D eigenvalue weighted by molar-refractivity contribution is 0.323. The maximum atomic E-state index is 4.23. The van der Waals surface area contributed by atoms with Crippen molar-refractivity contribution in [3.63, 3.8) is 0 Å². The minimum Gasteiger partial charge on any atom is -0.371 e. The molecule has 1 aromatic heterocycles. The second kappa shape index (κ2) is 5.50. The highest BCUT2D eigenvalue weighted by atomic mass is 15.1. The fourth-order valence-electron chi connectivity index (χ4n) is 2.54. The van der Waals surface area contributed by atoms with Crippen LogP contribution in [0.2, 0.25) is 0 Å². The molecular weight excluding hydrogens is 210 g/mol. The number of nitrogens with zero attached hydrogens (tertiary/aromatic N) is 2. The molecule has 0 aromatic carbocycles. The van der Waals surface area contributed by atoms with Crippen LogP contribution in [0.3, 0.4) is 0 Å². The van der Waals surface area contributed by atoms with Crippen LogP contribution in [0.15, 0.2) is 18.5 Å². The smallest absolute Gasteiger partial charge is 0.0442 e. The number of piperidine rings is 1. The molecule has 94 valence electrons. The van der Waals surface area contributed by atoms with Crippen molar-refractivity contribution in [1.29, 1.82) is 0 Å². The molecule has 3 nitrogen and oxygen atoms in total. The van der Waals surface area contributed by atoms with Gasteiger partial charge in [-0.2, -0.15) is 0 Å². The first-order valence-electron chi connectivity index (χ1n) is 6.54. The second-order valence-corrected chi connectivity index (χ2v) is 5.22. The Hall–Kier alpha value is -1.09. The van der Waals surface area contributed by atoms with Gasteiger partial charge in [0.25, 0.3) is 0 Å². The third kappa shape index (κ3) is 2.78. The van der Waals surface area contributed by atoms with E-state index >= 15 is 0 Å². The second-order valence-electron chi connectivity index (χ2n) is 5.22. The standard InChI is InChI=1S/C14H23N3/c1-11-5-7-17(10-12(11)2)14-4-6-16-9-13(14)8-15-3/h4,6,9,11-12,15H,5,7-8,10H2,1-3H3. The number of nitrogens with one attached hydrogen (secondary N) is 1. The van der Waals surface area contributed by atoms with Gasteiger partial charge in [-0.25, -0.2) is 0 Å². The summed E-state index contributed by atoms with van der Waals surface area (Å²) >= 11 is 0. The molecule has 2 rings (SSSR count). The third-order valence-corrected chi connectivity index (χ3v) is 3.92. The molecule has 0 radical (unpaired) electrons. The summed E-state index contributed by atoms with van der Waals surface area (Å²) in [5, 5.41) is 3.22. The van der Waals surface area contributed by atoms with Crippen molar-refractivity contribution in [3.05, 3.63) is 24.0 Å². The molecule has 0 aliphatic carbocycles. The molecule has 2 heterocycles. The average Bonchev–Trinajstić information content (AvgIpc) is 2.34. The molecule has 0 amide bonds. The van der Waals surface area contributed by atoms with E-state index in [-0.39, 0.29) is 0 Å². The summed E-state index contributed by atoms with van der Waals surface area (Å²) in [4.78, 5) is 6.74. The van der Waals surface area contributed by atoms with Crippen LogP contribution in [-0.2, 0) is 6.54 Å². The van der Waals surface area contributed by atoms with E-state index < -0.39 is 0 Å². The Kier molecular flexibility index (Phi) is 4.00. The first kappa shape index (κ1) is 12.4. The Labute approximate surface area is 104 Å². The fraction of sp³-hybridized carbons (Fsp3) is 0.643. The lowest BCUT2D eigenvalue weighted by Gasteiger charge is -2.37. The van der Waals surface area contributed by atoms with Gasteiger partial charge < -0.3 is 10.2 Å². The van der Waals surface area contributed by atoms with Gasteiger partial charge in [-0.15, -0.1) is 0 Å². The van der Waals surface area contributed by atoms with Crippen LogP contribution >= 0.6 is 0 Å². The van der Waals surface area contributed by atoms with Crippen LogP contribution in [0.5, 0.6) is 0 Å². The minimum absolute atomic E-state index is 0.777. The molecule has 1 aromatic rings. The van der Waals surface area contributed by atoms with Crippen molar-refractivity contribution < 1.29 is 0 Å². The molecule has 1 aliphatic rings. The lowest BCUT2D eigenvalue weighted by atomic mass is 9.88. The topological polar surface area (TPSA) is 28.2 Å². The zero-order chi connectivity index (χ0) is 12.3. The predicted molar refractivity (Wildman–Crippen MR) is 72.2 cm³/mol. The monoisotopic (exact) mass is 233 g/mol. The maximum absolute atomic E-state index is 4.23. The zero-order valence-electron chi connectivity index (χ0n) is 11.1. The molecule has 0 bridgehead atoms. The van der Waals surface area contributed by atoms with E-state index in [0.717, 1.165) is 18.4 Å². The molecule has 3 heteroatoms. The van der Waals surface area contributed by atoms with Gasteiger partial charge >= 0.3 is 0 Å². The number of anilines is 1. The fourth-order valence-corrected chi connectivity index (χ4v) is 2.54. The molecule has 17 heavy (non-hydrogen) atoms. The zero-order valence-corrected chi connectivity index (χ0v) is 11.1. The Balaban J connectivity index is 2.16. The summed E-state index contributed by atoms with van der Waals surface area (Å²) in [6, 6.07) is 2.15. The highest BCUT2D eigenvalue weighted by molar-refractivity contribution is 5.52. The summed E-state index contributed by atoms with van der Waals surface area (Å²) < 4.78 is 0. The molecule has 2 unspecified atom stereocenters. The van der Waals surface area contributed by atoms with Gasteiger partial charge in [0, 0.05) is 43.3 Å². The van der Waals surface area contributed by atoms with Crippen molar-refractivity contribution in [3.8, 4) is 0 Å². The van der Waals surface area contributed by atoms with E-state index in [1.54, 1.807) is 0 Å². The quantitative estimate of drug-likeness (QED) is 0.868. The third-order valence-electron chi connectivity index (χ3n) is 3.92. The lowest BCUT2D eigenvalue weighted by Crippen LogP contribution is -2.39. The Bertz CT molecular complexity index is 364. The van der Waals surface area contributed by atoms with Gasteiger partial charge in [0.2, 0.25) is 0 Å². The van der Waals surface area contributed by atoms with Crippen LogP contribution < -0.4 is 10.2 Å². The van der Waals surface area contributed by atoms with Gasteiger partial charge in [-0.3, -0.25) is 4.98 Å². The number of aromatic nitrogens is 1. The summed E-state index contributed by atoms with van der Waals surface area (Å²) in [5.41, 5.74) is 2.66. The van der Waals surface area contributed by atoms with E-state index in [1.165, 1.54) is 30.8 Å². The van der Waals surface area contributed by atoms with Crippen LogP contribution in [0.25, 0.3) is 0 Å². The average molecular weight is 233 g/mol. The number of rotatable bonds is 3. The van der Waals surface area contributed by atoms with Gasteiger partial charge in [-0.05, 0) is 31.4 Å². The van der Waals surface area contributed by atoms with E-state index in [1.807, 2.05) is 19.4 Å². The minimum atomic E-state index is 0.777. The van der Waals surface area contributed by atoms with E-state index in [9.17, 15) is 0 Å². The maximum Gasteiger partial charge on any atom is 0.0442 e. The van der Waals surface area contributed by atoms with E-state index in [0.29, 0.717) is 0 Å². The van der Waals surface area contributed by atoms with Crippen LogP contribution in [0.4, 0.5) is 5.69 Å². The molecule has 0 spiro atoms. The Morgan fingerprint density at radius 1 is 1.41 bits per heavy atom. The predicted octanol–water partition coefficient (Wildman–Crippen LogP) is 2.28. The molecule has 1 saturated heterocycles. The van der Waals surface area contributed by atoms with Crippen molar-refractivity contribution in [1.82, 2.24) is 10.3 Å². The summed E-state index contributed by atoms with van der Waals surface area (Å²) in [6.45, 7) is 7.95. The SMILES string of the molecule is CNCc1cnccc1N1CCC(C)C(C)C1. The first-order chi connectivity index (χ1) is 8.22. The molecule has 2 atom stereocenters. The molecule has 1 N–H and O–H groups in total. The van der Waals surface area contributed by atoms with Crippen LogP contribution in [0, 0.1) is 11.8 Å². The number of pyridine rings is 1. The van der Waals surface area contributed by atoms with Crippen molar-refractivity contribution in [2.75, 3.05) is 25.0 Å². The van der Waals surface area contributed by atoms with E-state index in [4.69, 9.17) is 0 Å². The number of hydrogen-bond acceptors (Lipinski definition) is 3. The van der Waals surface area contributed by atoms with Crippen molar-refractivity contribution >= 4 is 5.69 Å².